The average Bonchev–Trinajstić information content (AvgIpc) is 3.00. The van der Waals surface area contributed by atoms with Crippen LogP contribution in [0.25, 0.3) is 5.57 Å². The first-order chi connectivity index (χ1) is 10.8. The molecule has 4 heteroatoms. The Morgan fingerprint density at radius 1 is 0.682 bits per heavy atom. The molecule has 0 bridgehead atoms. The van der Waals surface area contributed by atoms with E-state index in [0.717, 1.165) is 0 Å². The molecule has 0 amide bonds. The molecule has 3 rings (SSSR count). The Labute approximate surface area is 149 Å². The zero-order valence-corrected chi connectivity index (χ0v) is 15.7. The van der Waals surface area contributed by atoms with Gasteiger partial charge < -0.3 is 0 Å². The summed E-state index contributed by atoms with van der Waals surface area (Å²) in [5, 5.41) is 0. The summed E-state index contributed by atoms with van der Waals surface area (Å²) in [5.74, 6) is 0. The zero-order valence-electron chi connectivity index (χ0n) is 12.4. The molecule has 1 aliphatic heterocycles. The van der Waals surface area contributed by atoms with Crippen LogP contribution in [0.2, 0.25) is 0 Å². The number of hydrogen-bond donors (Lipinski definition) is 0. The van der Waals surface area contributed by atoms with Crippen molar-refractivity contribution in [2.45, 2.75) is 0 Å². The minimum Gasteiger partial charge on any atom is -0.121 e. The summed E-state index contributed by atoms with van der Waals surface area (Å²) in [6, 6.07) is 21.4. The summed E-state index contributed by atoms with van der Waals surface area (Å²) in [6.07, 6.45) is 4.32. The molecule has 0 radical (unpaired) electrons. The lowest BCUT2D eigenvalue weighted by molar-refractivity contribution is 1.55. The second-order valence-electron chi connectivity index (χ2n) is 4.58. The number of benzene rings is 2. The molecule has 0 aromatic heterocycles. The first kappa shape index (κ1) is 16.2. The highest BCUT2D eigenvalue weighted by atomic mass is 32.3. The van der Waals surface area contributed by atoms with Crippen LogP contribution in [0.1, 0.15) is 11.1 Å². The Hall–Kier alpha value is -0.680. The summed E-state index contributed by atoms with van der Waals surface area (Å²) in [5.41, 5.74) is 3.91. The Morgan fingerprint density at radius 3 is 1.45 bits per heavy atom. The van der Waals surface area contributed by atoms with Crippen molar-refractivity contribution in [3.05, 3.63) is 84.5 Å². The fraction of sp³-hybridized carbons (Fsp3) is 0.111. The van der Waals surface area contributed by atoms with Gasteiger partial charge >= 0.3 is 0 Å². The lowest BCUT2D eigenvalue weighted by Gasteiger charge is -2.12. The molecule has 0 saturated carbocycles. The second kappa shape index (κ2) is 7.73. The van der Waals surface area contributed by atoms with Crippen molar-refractivity contribution in [3.8, 4) is 0 Å². The smallest absolute Gasteiger partial charge is 0.0657 e. The van der Waals surface area contributed by atoms with Crippen LogP contribution in [0.15, 0.2) is 73.4 Å². The summed E-state index contributed by atoms with van der Waals surface area (Å²) >= 11 is 7.50. The predicted molar refractivity (Wildman–Crippen MR) is 108 cm³/mol. The highest BCUT2D eigenvalue weighted by Crippen LogP contribution is 2.58. The van der Waals surface area contributed by atoms with E-state index in [0.29, 0.717) is 0 Å². The molecule has 1 aliphatic rings. The van der Waals surface area contributed by atoms with Gasteiger partial charge in [-0.05, 0) is 23.6 Å². The molecule has 0 unspecified atom stereocenters. The number of rotatable bonds is 4. The Morgan fingerprint density at radius 2 is 1.09 bits per heavy atom. The van der Waals surface area contributed by atoms with E-state index in [9.17, 15) is 0 Å². The number of hydrogen-bond acceptors (Lipinski definition) is 4. The molecule has 0 aliphatic carbocycles. The first-order valence-electron chi connectivity index (χ1n) is 6.86. The summed E-state index contributed by atoms with van der Waals surface area (Å²) in [4.78, 5) is 0. The average molecular weight is 361 g/mol. The largest absolute Gasteiger partial charge is 0.121 e. The van der Waals surface area contributed by atoms with Crippen molar-refractivity contribution in [2.75, 3.05) is 12.5 Å². The van der Waals surface area contributed by atoms with E-state index >= 15 is 0 Å². The Bertz CT molecular complexity index is 643. The van der Waals surface area contributed by atoms with Gasteiger partial charge in [-0.2, -0.15) is 0 Å². The first-order valence-corrected chi connectivity index (χ1v) is 10.9. The van der Waals surface area contributed by atoms with E-state index in [1.807, 2.05) is 47.0 Å². The molecule has 22 heavy (non-hydrogen) atoms. The van der Waals surface area contributed by atoms with Crippen LogP contribution in [-0.2, 0) is 0 Å². The van der Waals surface area contributed by atoms with Crippen molar-refractivity contribution in [2.24, 2.45) is 0 Å². The molecule has 1 heterocycles. The van der Waals surface area contributed by atoms with Crippen molar-refractivity contribution in [1.29, 1.82) is 0 Å². The monoisotopic (exact) mass is 360 g/mol. The third-order valence-electron chi connectivity index (χ3n) is 3.24. The zero-order chi connectivity index (χ0) is 15.4. The lowest BCUT2D eigenvalue weighted by atomic mass is 10.00. The normalized spacial score (nSPS) is 14.5. The van der Waals surface area contributed by atoms with Gasteiger partial charge in [-0.15, -0.1) is 23.5 Å². The molecule has 0 nitrogen and oxygen atoms in total. The van der Waals surface area contributed by atoms with E-state index < -0.39 is 0 Å². The van der Waals surface area contributed by atoms with Crippen molar-refractivity contribution >= 4 is 52.6 Å². The second-order valence-corrected chi connectivity index (χ2v) is 9.03. The van der Waals surface area contributed by atoms with Crippen LogP contribution in [-0.4, -0.2) is 12.5 Å². The van der Waals surface area contributed by atoms with E-state index in [2.05, 4.69) is 73.2 Å². The maximum absolute atomic E-state index is 2.20. The third-order valence-corrected chi connectivity index (χ3v) is 8.46. The van der Waals surface area contributed by atoms with Crippen LogP contribution >= 0.6 is 47.0 Å². The van der Waals surface area contributed by atoms with Crippen molar-refractivity contribution in [1.82, 2.24) is 0 Å². The highest BCUT2D eigenvalue weighted by molar-refractivity contribution is 8.40. The van der Waals surface area contributed by atoms with Gasteiger partial charge in [-0.1, -0.05) is 84.2 Å². The van der Waals surface area contributed by atoms with Crippen LogP contribution in [0.4, 0.5) is 0 Å². The molecular weight excluding hydrogens is 344 g/mol. The Balaban J connectivity index is 2.10. The fourth-order valence-corrected chi connectivity index (χ4v) is 7.40. The van der Waals surface area contributed by atoms with Crippen LogP contribution in [0.5, 0.6) is 0 Å². The fourth-order valence-electron chi connectivity index (χ4n) is 2.24. The van der Waals surface area contributed by atoms with Gasteiger partial charge in [0.1, 0.15) is 0 Å². The van der Waals surface area contributed by atoms with E-state index in [4.69, 9.17) is 0 Å². The van der Waals surface area contributed by atoms with E-state index in [1.54, 1.807) is 0 Å². The third kappa shape index (κ3) is 3.46. The van der Waals surface area contributed by atoms with Crippen LogP contribution < -0.4 is 0 Å². The van der Waals surface area contributed by atoms with Gasteiger partial charge in [-0.25, -0.2) is 0 Å². The summed E-state index contributed by atoms with van der Waals surface area (Å²) < 4.78 is 4.21. The Kier molecular flexibility index (Phi) is 5.69. The standard InChI is InChI=1S/C18H16S4/c1-19-17-18(20-2)22-16(21-17)15(13-9-5-3-6-10-13)14-11-7-4-8-12-14/h3-12H,1-2H3. The molecule has 0 atom stereocenters. The molecule has 0 saturated heterocycles. The van der Waals surface area contributed by atoms with Crippen LogP contribution in [0.3, 0.4) is 0 Å². The van der Waals surface area contributed by atoms with E-state index in [-0.39, 0.29) is 0 Å². The predicted octanol–water partition coefficient (Wildman–Crippen LogP) is 6.74. The molecule has 2 aromatic rings. The van der Waals surface area contributed by atoms with Gasteiger partial charge in [-0.3, -0.25) is 0 Å². The van der Waals surface area contributed by atoms with Gasteiger partial charge in [0.25, 0.3) is 0 Å². The maximum Gasteiger partial charge on any atom is 0.0657 e. The van der Waals surface area contributed by atoms with Gasteiger partial charge in [0, 0.05) is 5.57 Å². The topological polar surface area (TPSA) is 0 Å². The minimum atomic E-state index is 1.28. The molecule has 0 fully saturated rings. The lowest BCUT2D eigenvalue weighted by Crippen LogP contribution is -1.89. The van der Waals surface area contributed by atoms with Crippen molar-refractivity contribution < 1.29 is 0 Å². The highest BCUT2D eigenvalue weighted by Gasteiger charge is 2.24. The molecule has 112 valence electrons. The summed E-state index contributed by atoms with van der Waals surface area (Å²) in [6.45, 7) is 0. The van der Waals surface area contributed by atoms with Gasteiger partial charge in [0.15, 0.2) is 0 Å². The summed E-state index contributed by atoms with van der Waals surface area (Å²) in [7, 11) is 0. The SMILES string of the molecule is CSC1=C(SC)SC(=C(c2ccccc2)c2ccccc2)S1. The molecular formula is C18H16S4. The minimum absolute atomic E-state index is 1.28. The van der Waals surface area contributed by atoms with Crippen LogP contribution in [0, 0.1) is 0 Å². The van der Waals surface area contributed by atoms with Gasteiger partial charge in [0.05, 0.1) is 12.7 Å². The van der Waals surface area contributed by atoms with Gasteiger partial charge in [0.2, 0.25) is 0 Å². The molecule has 0 N–H and O–H groups in total. The van der Waals surface area contributed by atoms with E-state index in [1.165, 1.54) is 29.4 Å². The maximum atomic E-state index is 2.20. The van der Waals surface area contributed by atoms with Crippen molar-refractivity contribution in [3.63, 3.8) is 0 Å². The quantitative estimate of drug-likeness (QED) is 0.592. The molecule has 0 spiro atoms. The molecule has 2 aromatic carbocycles. The number of thioether (sulfide) groups is 4.